The molecule has 0 aromatic heterocycles. The zero-order valence-electron chi connectivity index (χ0n) is 11.9. The van der Waals surface area contributed by atoms with Gasteiger partial charge in [0.25, 0.3) is 5.69 Å². The third-order valence-corrected chi connectivity index (χ3v) is 4.14. The van der Waals surface area contributed by atoms with Crippen LogP contribution in [0.4, 0.5) is 5.69 Å². The first kappa shape index (κ1) is 16.1. The van der Waals surface area contributed by atoms with Crippen LogP contribution in [0, 0.1) is 21.4 Å². The standard InChI is InChI=1S/C14H21BrN2O2/c1-10(14(2,3)4)8-16-9-11-5-6-12(15)13(7-11)17(18)19/h5-7,10,16H,8-9H2,1-4H3. The fourth-order valence-corrected chi connectivity index (χ4v) is 1.94. The summed E-state index contributed by atoms with van der Waals surface area (Å²) in [6, 6.07) is 5.23. The molecule has 0 amide bonds. The van der Waals surface area contributed by atoms with Crippen LogP contribution in [0.15, 0.2) is 22.7 Å². The predicted octanol–water partition coefficient (Wildman–Crippen LogP) is 4.13. The number of hydrogen-bond donors (Lipinski definition) is 1. The maximum Gasteiger partial charge on any atom is 0.283 e. The summed E-state index contributed by atoms with van der Waals surface area (Å²) in [4.78, 5) is 10.5. The molecule has 1 aromatic rings. The lowest BCUT2D eigenvalue weighted by Gasteiger charge is -2.27. The second-order valence-electron chi connectivity index (χ2n) is 5.94. The summed E-state index contributed by atoms with van der Waals surface area (Å²) in [5.74, 6) is 0.540. The van der Waals surface area contributed by atoms with Gasteiger partial charge < -0.3 is 5.32 Å². The Morgan fingerprint density at radius 2 is 2.05 bits per heavy atom. The molecule has 0 aliphatic carbocycles. The average molecular weight is 329 g/mol. The van der Waals surface area contributed by atoms with Crippen molar-refractivity contribution >= 4 is 21.6 Å². The summed E-state index contributed by atoms with van der Waals surface area (Å²) < 4.78 is 0.518. The molecule has 0 saturated heterocycles. The van der Waals surface area contributed by atoms with E-state index in [1.807, 2.05) is 6.07 Å². The van der Waals surface area contributed by atoms with Gasteiger partial charge in [-0.15, -0.1) is 0 Å². The molecule has 1 aromatic carbocycles. The van der Waals surface area contributed by atoms with Crippen molar-refractivity contribution in [2.75, 3.05) is 6.54 Å². The highest BCUT2D eigenvalue weighted by molar-refractivity contribution is 9.10. The number of nitrogens with zero attached hydrogens (tertiary/aromatic N) is 1. The summed E-state index contributed by atoms with van der Waals surface area (Å²) in [5, 5.41) is 14.2. The molecule has 0 spiro atoms. The molecular weight excluding hydrogens is 308 g/mol. The highest BCUT2D eigenvalue weighted by atomic mass is 79.9. The lowest BCUT2D eigenvalue weighted by Crippen LogP contribution is -2.29. The van der Waals surface area contributed by atoms with Crippen LogP contribution < -0.4 is 5.32 Å². The van der Waals surface area contributed by atoms with E-state index in [0.29, 0.717) is 16.9 Å². The van der Waals surface area contributed by atoms with Crippen molar-refractivity contribution in [3.05, 3.63) is 38.3 Å². The quantitative estimate of drug-likeness (QED) is 0.653. The van der Waals surface area contributed by atoms with Gasteiger partial charge in [-0.3, -0.25) is 10.1 Å². The van der Waals surface area contributed by atoms with Crippen LogP contribution in [0.2, 0.25) is 0 Å². The van der Waals surface area contributed by atoms with Crippen LogP contribution in [0.25, 0.3) is 0 Å². The first-order valence-corrected chi connectivity index (χ1v) is 7.14. The Bertz CT molecular complexity index is 455. The first-order valence-electron chi connectivity index (χ1n) is 6.35. The largest absolute Gasteiger partial charge is 0.312 e. The van der Waals surface area contributed by atoms with Crippen molar-refractivity contribution < 1.29 is 4.92 Å². The van der Waals surface area contributed by atoms with Gasteiger partial charge in [-0.1, -0.05) is 33.8 Å². The van der Waals surface area contributed by atoms with E-state index < -0.39 is 0 Å². The molecule has 0 aliphatic heterocycles. The van der Waals surface area contributed by atoms with Gasteiger partial charge in [-0.2, -0.15) is 0 Å². The number of nitro benzene ring substituents is 1. The summed E-state index contributed by atoms with van der Waals surface area (Å²) in [6.45, 7) is 10.4. The number of rotatable bonds is 5. The molecule has 0 heterocycles. The minimum atomic E-state index is -0.370. The highest BCUT2D eigenvalue weighted by Gasteiger charge is 2.19. The van der Waals surface area contributed by atoms with E-state index in [9.17, 15) is 10.1 Å². The molecule has 1 atom stereocenters. The molecule has 19 heavy (non-hydrogen) atoms. The molecule has 0 bridgehead atoms. The van der Waals surface area contributed by atoms with E-state index in [0.717, 1.165) is 12.1 Å². The van der Waals surface area contributed by atoms with Gasteiger partial charge >= 0.3 is 0 Å². The topological polar surface area (TPSA) is 55.2 Å². The maximum absolute atomic E-state index is 10.8. The maximum atomic E-state index is 10.8. The Morgan fingerprint density at radius 1 is 1.42 bits per heavy atom. The molecule has 4 nitrogen and oxygen atoms in total. The smallest absolute Gasteiger partial charge is 0.283 e. The summed E-state index contributed by atoms with van der Waals surface area (Å²) in [5.41, 5.74) is 1.30. The van der Waals surface area contributed by atoms with Crippen molar-refractivity contribution in [1.82, 2.24) is 5.32 Å². The molecular formula is C14H21BrN2O2. The number of halogens is 1. The van der Waals surface area contributed by atoms with E-state index in [-0.39, 0.29) is 16.0 Å². The zero-order valence-corrected chi connectivity index (χ0v) is 13.5. The van der Waals surface area contributed by atoms with Crippen molar-refractivity contribution in [2.24, 2.45) is 11.3 Å². The first-order chi connectivity index (χ1) is 8.71. The monoisotopic (exact) mass is 328 g/mol. The van der Waals surface area contributed by atoms with Crippen LogP contribution in [0.3, 0.4) is 0 Å². The van der Waals surface area contributed by atoms with Crippen molar-refractivity contribution in [3.8, 4) is 0 Å². The van der Waals surface area contributed by atoms with Crippen molar-refractivity contribution in [3.63, 3.8) is 0 Å². The van der Waals surface area contributed by atoms with Crippen molar-refractivity contribution in [2.45, 2.75) is 34.2 Å². The molecule has 1 N–H and O–H groups in total. The van der Waals surface area contributed by atoms with Gasteiger partial charge in [0.1, 0.15) is 0 Å². The third-order valence-electron chi connectivity index (χ3n) is 3.47. The van der Waals surface area contributed by atoms with Gasteiger partial charge in [0.05, 0.1) is 9.40 Å². The number of hydrogen-bond acceptors (Lipinski definition) is 3. The molecule has 106 valence electrons. The van der Waals surface area contributed by atoms with E-state index in [2.05, 4.69) is 48.9 Å². The number of nitro groups is 1. The normalized spacial score (nSPS) is 13.3. The zero-order chi connectivity index (χ0) is 14.6. The molecule has 0 aliphatic rings. The summed E-state index contributed by atoms with van der Waals surface area (Å²) >= 11 is 3.19. The molecule has 1 rings (SSSR count). The van der Waals surface area contributed by atoms with E-state index in [4.69, 9.17) is 0 Å². The van der Waals surface area contributed by atoms with Crippen LogP contribution in [-0.2, 0) is 6.54 Å². The van der Waals surface area contributed by atoms with E-state index in [1.54, 1.807) is 12.1 Å². The second-order valence-corrected chi connectivity index (χ2v) is 6.80. The fraction of sp³-hybridized carbons (Fsp3) is 0.571. The van der Waals surface area contributed by atoms with Crippen molar-refractivity contribution in [1.29, 1.82) is 0 Å². The molecule has 0 radical (unpaired) electrons. The highest BCUT2D eigenvalue weighted by Crippen LogP contribution is 2.26. The number of benzene rings is 1. The van der Waals surface area contributed by atoms with Crippen LogP contribution in [-0.4, -0.2) is 11.5 Å². The SMILES string of the molecule is CC(CNCc1ccc(Br)c([N+](=O)[O-])c1)C(C)(C)C. The molecule has 1 unspecified atom stereocenters. The Hall–Kier alpha value is -0.940. The lowest BCUT2D eigenvalue weighted by atomic mass is 9.82. The van der Waals surface area contributed by atoms with E-state index in [1.165, 1.54) is 0 Å². The van der Waals surface area contributed by atoms with Crippen LogP contribution in [0.5, 0.6) is 0 Å². The van der Waals surface area contributed by atoms with Crippen LogP contribution in [0.1, 0.15) is 33.3 Å². The number of nitrogens with one attached hydrogen (secondary N) is 1. The Balaban J connectivity index is 2.60. The van der Waals surface area contributed by atoms with Gasteiger partial charge in [0, 0.05) is 12.6 Å². The molecule has 0 saturated carbocycles. The van der Waals surface area contributed by atoms with Crippen LogP contribution >= 0.6 is 15.9 Å². The van der Waals surface area contributed by atoms with E-state index >= 15 is 0 Å². The summed E-state index contributed by atoms with van der Waals surface area (Å²) in [6.07, 6.45) is 0. The second kappa shape index (κ2) is 6.48. The van der Waals surface area contributed by atoms with Gasteiger partial charge in [0.2, 0.25) is 0 Å². The summed E-state index contributed by atoms with van der Waals surface area (Å²) in [7, 11) is 0. The molecule has 5 heteroatoms. The Morgan fingerprint density at radius 3 is 2.58 bits per heavy atom. The lowest BCUT2D eigenvalue weighted by molar-refractivity contribution is -0.385. The third kappa shape index (κ3) is 4.91. The molecule has 0 fully saturated rings. The van der Waals surface area contributed by atoms with Gasteiger partial charge in [0.15, 0.2) is 0 Å². The fourth-order valence-electron chi connectivity index (χ4n) is 1.55. The minimum absolute atomic E-state index is 0.114. The average Bonchev–Trinajstić information content (AvgIpc) is 2.29. The minimum Gasteiger partial charge on any atom is -0.312 e. The van der Waals surface area contributed by atoms with Gasteiger partial charge in [-0.25, -0.2) is 0 Å². The Kier molecular flexibility index (Phi) is 5.50. The Labute approximate surface area is 122 Å². The van der Waals surface area contributed by atoms with Gasteiger partial charge in [-0.05, 0) is 45.4 Å². The predicted molar refractivity (Wildman–Crippen MR) is 81.1 cm³/mol.